The lowest BCUT2D eigenvalue weighted by Gasteiger charge is -2.26. The number of rotatable bonds is 7. The molecule has 2 atom stereocenters. The molecule has 0 saturated heterocycles. The molecular formula is C10H21NO3S. The Morgan fingerprint density at radius 3 is 2.67 bits per heavy atom. The molecule has 5 heteroatoms. The SMILES string of the molecule is CNC(C)(CSC(C)CCO)C(=O)OC. The normalized spacial score (nSPS) is 16.9. The predicted octanol–water partition coefficient (Wildman–Crippen LogP) is 0.642. The Balaban J connectivity index is 4.14. The third-order valence-corrected chi connectivity index (χ3v) is 3.93. The second-order valence-electron chi connectivity index (χ2n) is 3.71. The monoisotopic (exact) mass is 235 g/mol. The molecule has 0 amide bonds. The summed E-state index contributed by atoms with van der Waals surface area (Å²) in [6.45, 7) is 4.04. The van der Waals surface area contributed by atoms with Crippen molar-refractivity contribution < 1.29 is 14.6 Å². The summed E-state index contributed by atoms with van der Waals surface area (Å²) in [6.07, 6.45) is 0.742. The van der Waals surface area contributed by atoms with Gasteiger partial charge >= 0.3 is 5.97 Å². The Kier molecular flexibility index (Phi) is 6.96. The van der Waals surface area contributed by atoms with Crippen LogP contribution in [0.3, 0.4) is 0 Å². The number of methoxy groups -OCH3 is 1. The summed E-state index contributed by atoms with van der Waals surface area (Å²) >= 11 is 1.65. The zero-order chi connectivity index (χ0) is 11.9. The molecule has 0 rings (SSSR count). The number of thioether (sulfide) groups is 1. The van der Waals surface area contributed by atoms with Crippen LogP contribution in [0, 0.1) is 0 Å². The van der Waals surface area contributed by atoms with Crippen LogP contribution in [0.4, 0.5) is 0 Å². The number of hydrogen-bond acceptors (Lipinski definition) is 5. The highest BCUT2D eigenvalue weighted by atomic mass is 32.2. The Labute approximate surface area is 95.8 Å². The van der Waals surface area contributed by atoms with Crippen LogP contribution in [0.1, 0.15) is 20.3 Å². The zero-order valence-corrected chi connectivity index (χ0v) is 10.7. The average molecular weight is 235 g/mol. The highest BCUT2D eigenvalue weighted by Crippen LogP contribution is 2.20. The topological polar surface area (TPSA) is 58.6 Å². The van der Waals surface area contributed by atoms with Gasteiger partial charge in [0.1, 0.15) is 5.54 Å². The van der Waals surface area contributed by atoms with Gasteiger partial charge in [-0.3, -0.25) is 4.79 Å². The van der Waals surface area contributed by atoms with Crippen molar-refractivity contribution in [1.82, 2.24) is 5.32 Å². The number of ether oxygens (including phenoxy) is 1. The molecule has 0 aromatic rings. The van der Waals surface area contributed by atoms with Crippen LogP contribution >= 0.6 is 11.8 Å². The first-order chi connectivity index (χ1) is 7.00. The van der Waals surface area contributed by atoms with Crippen LogP contribution in [0.15, 0.2) is 0 Å². The van der Waals surface area contributed by atoms with E-state index in [2.05, 4.69) is 5.32 Å². The summed E-state index contributed by atoms with van der Waals surface area (Å²) in [7, 11) is 3.13. The fraction of sp³-hybridized carbons (Fsp3) is 0.900. The van der Waals surface area contributed by atoms with E-state index in [1.54, 1.807) is 18.8 Å². The molecule has 2 unspecified atom stereocenters. The van der Waals surface area contributed by atoms with Gasteiger partial charge in [-0.15, -0.1) is 0 Å². The van der Waals surface area contributed by atoms with Gasteiger partial charge in [-0.2, -0.15) is 11.8 Å². The first kappa shape index (κ1) is 14.7. The zero-order valence-electron chi connectivity index (χ0n) is 9.87. The van der Waals surface area contributed by atoms with Crippen molar-refractivity contribution in [1.29, 1.82) is 0 Å². The van der Waals surface area contributed by atoms with E-state index in [4.69, 9.17) is 9.84 Å². The largest absolute Gasteiger partial charge is 0.468 e. The molecule has 0 spiro atoms. The molecule has 0 aliphatic carbocycles. The standard InChI is InChI=1S/C10H21NO3S/c1-8(5-6-12)15-7-10(2,11-3)9(13)14-4/h8,11-12H,5-7H2,1-4H3. The third-order valence-electron chi connectivity index (χ3n) is 2.38. The smallest absolute Gasteiger partial charge is 0.326 e. The summed E-state index contributed by atoms with van der Waals surface area (Å²) in [5.74, 6) is 0.380. The van der Waals surface area contributed by atoms with Gasteiger partial charge < -0.3 is 15.2 Å². The molecule has 0 aliphatic heterocycles. The van der Waals surface area contributed by atoms with E-state index < -0.39 is 5.54 Å². The molecule has 90 valence electrons. The first-order valence-corrected chi connectivity index (χ1v) is 6.05. The maximum atomic E-state index is 11.5. The van der Waals surface area contributed by atoms with Crippen molar-refractivity contribution in [2.75, 3.05) is 26.5 Å². The van der Waals surface area contributed by atoms with E-state index in [9.17, 15) is 4.79 Å². The number of hydrogen-bond donors (Lipinski definition) is 2. The third kappa shape index (κ3) is 4.86. The van der Waals surface area contributed by atoms with Crippen LogP contribution in [0.25, 0.3) is 0 Å². The summed E-state index contributed by atoms with van der Waals surface area (Å²) in [5.41, 5.74) is -0.650. The molecule has 0 radical (unpaired) electrons. The Morgan fingerprint density at radius 2 is 2.27 bits per heavy atom. The highest BCUT2D eigenvalue weighted by Gasteiger charge is 2.32. The quantitative estimate of drug-likeness (QED) is 0.634. The van der Waals surface area contributed by atoms with Crippen LogP contribution < -0.4 is 5.32 Å². The number of carbonyl (C=O) groups excluding carboxylic acids is 1. The molecule has 0 aliphatic rings. The number of nitrogens with one attached hydrogen (secondary N) is 1. The molecule has 0 fully saturated rings. The number of esters is 1. The van der Waals surface area contributed by atoms with Gasteiger partial charge in [0.15, 0.2) is 0 Å². The Bertz CT molecular complexity index is 201. The molecule has 2 N–H and O–H groups in total. The summed E-state index contributed by atoms with van der Waals surface area (Å²) in [5, 5.41) is 12.1. The van der Waals surface area contributed by atoms with Crippen LogP contribution in [-0.4, -0.2) is 48.4 Å². The highest BCUT2D eigenvalue weighted by molar-refractivity contribution is 8.00. The summed E-state index contributed by atoms with van der Waals surface area (Å²) in [4.78, 5) is 11.5. The van der Waals surface area contributed by atoms with E-state index in [1.807, 2.05) is 13.8 Å². The van der Waals surface area contributed by atoms with Gasteiger partial charge in [-0.1, -0.05) is 6.92 Å². The van der Waals surface area contributed by atoms with Crippen molar-refractivity contribution >= 4 is 17.7 Å². The summed E-state index contributed by atoms with van der Waals surface area (Å²) in [6, 6.07) is 0. The maximum absolute atomic E-state index is 11.5. The molecular weight excluding hydrogens is 214 g/mol. The van der Waals surface area contributed by atoms with E-state index in [0.29, 0.717) is 11.0 Å². The maximum Gasteiger partial charge on any atom is 0.326 e. The molecule has 0 bridgehead atoms. The lowest BCUT2D eigenvalue weighted by molar-refractivity contribution is -0.146. The van der Waals surface area contributed by atoms with Crippen LogP contribution in [0.5, 0.6) is 0 Å². The average Bonchev–Trinajstić information content (AvgIpc) is 2.25. The number of carbonyl (C=O) groups is 1. The Morgan fingerprint density at radius 1 is 1.67 bits per heavy atom. The van der Waals surface area contributed by atoms with Crippen molar-refractivity contribution in [3.8, 4) is 0 Å². The second kappa shape index (κ2) is 7.09. The van der Waals surface area contributed by atoms with Crippen molar-refractivity contribution in [2.45, 2.75) is 31.1 Å². The molecule has 0 aromatic heterocycles. The van der Waals surface area contributed by atoms with E-state index >= 15 is 0 Å². The fourth-order valence-electron chi connectivity index (χ4n) is 1.03. The van der Waals surface area contributed by atoms with Crippen LogP contribution in [0.2, 0.25) is 0 Å². The number of likely N-dealkylation sites (N-methyl/N-ethyl adjacent to an activating group) is 1. The van der Waals surface area contributed by atoms with Crippen molar-refractivity contribution in [3.05, 3.63) is 0 Å². The van der Waals surface area contributed by atoms with E-state index in [1.165, 1.54) is 7.11 Å². The van der Waals surface area contributed by atoms with Crippen molar-refractivity contribution in [2.24, 2.45) is 0 Å². The van der Waals surface area contributed by atoms with Gasteiger partial charge in [0.25, 0.3) is 0 Å². The van der Waals surface area contributed by atoms with Gasteiger partial charge in [0, 0.05) is 17.6 Å². The van der Waals surface area contributed by atoms with Crippen molar-refractivity contribution in [3.63, 3.8) is 0 Å². The van der Waals surface area contributed by atoms with Crippen LogP contribution in [-0.2, 0) is 9.53 Å². The van der Waals surface area contributed by atoms with Gasteiger partial charge in [-0.25, -0.2) is 0 Å². The van der Waals surface area contributed by atoms with Gasteiger partial charge in [0.05, 0.1) is 7.11 Å². The second-order valence-corrected chi connectivity index (χ2v) is 5.13. The lowest BCUT2D eigenvalue weighted by Crippen LogP contribution is -2.50. The molecule has 4 nitrogen and oxygen atoms in total. The first-order valence-electron chi connectivity index (χ1n) is 5.00. The van der Waals surface area contributed by atoms with Gasteiger partial charge in [0.2, 0.25) is 0 Å². The predicted molar refractivity (Wildman–Crippen MR) is 63.1 cm³/mol. The molecule has 15 heavy (non-hydrogen) atoms. The van der Waals surface area contributed by atoms with E-state index in [-0.39, 0.29) is 12.6 Å². The number of aliphatic hydroxyl groups is 1. The lowest BCUT2D eigenvalue weighted by atomic mass is 10.1. The molecule has 0 saturated carbocycles. The molecule has 0 heterocycles. The minimum atomic E-state index is -0.650. The fourth-order valence-corrected chi connectivity index (χ4v) is 2.18. The van der Waals surface area contributed by atoms with E-state index in [0.717, 1.165) is 6.42 Å². The minimum Gasteiger partial charge on any atom is -0.468 e. The molecule has 0 aromatic carbocycles. The minimum absolute atomic E-state index is 0.183. The number of aliphatic hydroxyl groups excluding tert-OH is 1. The Hall–Kier alpha value is -0.260. The van der Waals surface area contributed by atoms with Gasteiger partial charge in [-0.05, 0) is 20.4 Å². The summed E-state index contributed by atoms with van der Waals surface area (Å²) < 4.78 is 4.73.